The van der Waals surface area contributed by atoms with Gasteiger partial charge in [0.25, 0.3) is 5.24 Å². The molecule has 9 heteroatoms. The summed E-state index contributed by atoms with van der Waals surface area (Å²) in [5.74, 6) is -0.569. The average Bonchev–Trinajstić information content (AvgIpc) is 3.09. The van der Waals surface area contributed by atoms with E-state index in [2.05, 4.69) is 10.6 Å². The molecule has 2 aromatic carbocycles. The third-order valence-electron chi connectivity index (χ3n) is 4.84. The van der Waals surface area contributed by atoms with Crippen LogP contribution in [0.2, 0.25) is 0 Å². The van der Waals surface area contributed by atoms with E-state index in [9.17, 15) is 19.2 Å². The molecule has 0 saturated carbocycles. The summed E-state index contributed by atoms with van der Waals surface area (Å²) in [4.78, 5) is 49.6. The zero-order valence-corrected chi connectivity index (χ0v) is 18.7. The maximum absolute atomic E-state index is 12.7. The van der Waals surface area contributed by atoms with Crippen molar-refractivity contribution in [1.82, 2.24) is 10.2 Å². The van der Waals surface area contributed by atoms with Crippen LogP contribution in [0.25, 0.3) is 0 Å². The Bertz CT molecular complexity index is 963. The van der Waals surface area contributed by atoms with E-state index in [0.717, 1.165) is 22.9 Å². The summed E-state index contributed by atoms with van der Waals surface area (Å²) in [7, 11) is 0. The molecule has 1 heterocycles. The lowest BCUT2D eigenvalue weighted by Gasteiger charge is -2.21. The van der Waals surface area contributed by atoms with E-state index in [0.29, 0.717) is 5.69 Å². The van der Waals surface area contributed by atoms with Crippen LogP contribution in [0, 0.1) is 5.92 Å². The maximum atomic E-state index is 12.7. The quantitative estimate of drug-likeness (QED) is 0.628. The molecule has 0 bridgehead atoms. The van der Waals surface area contributed by atoms with E-state index < -0.39 is 12.1 Å². The minimum atomic E-state index is -0.783. The van der Waals surface area contributed by atoms with Gasteiger partial charge < -0.3 is 15.4 Å². The smallest absolute Gasteiger partial charge is 0.408 e. The molecule has 0 radical (unpaired) electrons. The van der Waals surface area contributed by atoms with Gasteiger partial charge in [0.1, 0.15) is 12.6 Å². The van der Waals surface area contributed by atoms with Crippen LogP contribution in [0.4, 0.5) is 15.3 Å². The van der Waals surface area contributed by atoms with Gasteiger partial charge in [-0.05, 0) is 29.2 Å². The molecular weight excluding hydrogens is 430 g/mol. The standard InChI is InChI=1S/C23H25N3O5S/c1-15(2)20(25-22(29)31-13-17-6-4-3-5-7-17)21(28)24-18-10-8-16(9-11-18)12-26-19(27)14-32-23(26)30/h3-11,15,20H,12-14H2,1-2H3,(H,24,28)(H,25,29)/t20-/m0/s1. The summed E-state index contributed by atoms with van der Waals surface area (Å²) in [5.41, 5.74) is 2.16. The molecule has 8 nitrogen and oxygen atoms in total. The lowest BCUT2D eigenvalue weighted by molar-refractivity contribution is -0.125. The van der Waals surface area contributed by atoms with Crippen LogP contribution in [0.3, 0.4) is 0 Å². The van der Waals surface area contributed by atoms with Crippen molar-refractivity contribution in [1.29, 1.82) is 0 Å². The predicted octanol–water partition coefficient (Wildman–Crippen LogP) is 3.77. The molecular formula is C23H25N3O5S. The van der Waals surface area contributed by atoms with Gasteiger partial charge in [-0.1, -0.05) is 68.1 Å². The number of rotatable bonds is 8. The molecule has 2 N–H and O–H groups in total. The van der Waals surface area contributed by atoms with E-state index in [4.69, 9.17) is 4.74 Å². The van der Waals surface area contributed by atoms with E-state index in [1.165, 1.54) is 4.90 Å². The van der Waals surface area contributed by atoms with Crippen LogP contribution in [0.15, 0.2) is 54.6 Å². The third kappa shape index (κ3) is 6.34. The number of carbonyl (C=O) groups excluding carboxylic acids is 4. The Kier molecular flexibility index (Phi) is 7.88. The molecule has 1 fully saturated rings. The zero-order valence-electron chi connectivity index (χ0n) is 17.9. The van der Waals surface area contributed by atoms with Crippen molar-refractivity contribution in [3.63, 3.8) is 0 Å². The van der Waals surface area contributed by atoms with Gasteiger partial charge in [0.15, 0.2) is 0 Å². The van der Waals surface area contributed by atoms with Crippen molar-refractivity contribution in [3.8, 4) is 0 Å². The SMILES string of the molecule is CC(C)[C@H](NC(=O)OCc1ccccc1)C(=O)Nc1ccc(CN2C(=O)CSC2=O)cc1. The fourth-order valence-corrected chi connectivity index (χ4v) is 3.78. The number of hydrogen-bond donors (Lipinski definition) is 2. The number of alkyl carbamates (subject to hydrolysis) is 1. The molecule has 0 unspecified atom stereocenters. The first-order valence-electron chi connectivity index (χ1n) is 10.2. The average molecular weight is 456 g/mol. The second-order valence-electron chi connectivity index (χ2n) is 7.65. The Morgan fingerprint density at radius 3 is 2.31 bits per heavy atom. The summed E-state index contributed by atoms with van der Waals surface area (Å²) in [5, 5.41) is 5.15. The number of imide groups is 1. The van der Waals surface area contributed by atoms with Crippen LogP contribution >= 0.6 is 11.8 Å². The Labute approximate surface area is 190 Å². The number of benzene rings is 2. The second kappa shape index (κ2) is 10.8. The molecule has 1 aliphatic heterocycles. The molecule has 1 atom stereocenters. The van der Waals surface area contributed by atoms with Crippen LogP contribution in [0.1, 0.15) is 25.0 Å². The van der Waals surface area contributed by atoms with Crippen molar-refractivity contribution in [3.05, 3.63) is 65.7 Å². The van der Waals surface area contributed by atoms with Gasteiger partial charge in [-0.15, -0.1) is 0 Å². The van der Waals surface area contributed by atoms with Gasteiger partial charge in [-0.2, -0.15) is 0 Å². The highest BCUT2D eigenvalue weighted by Crippen LogP contribution is 2.22. The van der Waals surface area contributed by atoms with E-state index in [-0.39, 0.29) is 41.9 Å². The minimum Gasteiger partial charge on any atom is -0.445 e. The van der Waals surface area contributed by atoms with Crippen LogP contribution in [-0.2, 0) is 27.5 Å². The monoisotopic (exact) mass is 455 g/mol. The Morgan fingerprint density at radius 2 is 1.72 bits per heavy atom. The summed E-state index contributed by atoms with van der Waals surface area (Å²) in [6, 6.07) is 15.4. The van der Waals surface area contributed by atoms with Gasteiger partial charge in [0, 0.05) is 5.69 Å². The predicted molar refractivity (Wildman–Crippen MR) is 122 cm³/mol. The molecule has 2 aromatic rings. The van der Waals surface area contributed by atoms with Crippen molar-refractivity contribution >= 4 is 40.6 Å². The van der Waals surface area contributed by atoms with E-state index in [1.54, 1.807) is 24.3 Å². The normalized spacial score (nSPS) is 14.4. The topological polar surface area (TPSA) is 105 Å². The van der Waals surface area contributed by atoms with Crippen molar-refractivity contribution < 1.29 is 23.9 Å². The van der Waals surface area contributed by atoms with E-state index >= 15 is 0 Å². The van der Waals surface area contributed by atoms with Crippen molar-refractivity contribution in [2.24, 2.45) is 5.92 Å². The first kappa shape index (κ1) is 23.3. The number of amides is 4. The van der Waals surface area contributed by atoms with Crippen LogP contribution < -0.4 is 10.6 Å². The second-order valence-corrected chi connectivity index (χ2v) is 8.57. The first-order valence-corrected chi connectivity index (χ1v) is 11.2. The number of carbonyl (C=O) groups is 4. The molecule has 1 saturated heterocycles. The summed E-state index contributed by atoms with van der Waals surface area (Å²) in [6.07, 6.45) is -0.670. The maximum Gasteiger partial charge on any atom is 0.408 e. The Hall–Kier alpha value is -3.33. The van der Waals surface area contributed by atoms with Gasteiger partial charge in [0.05, 0.1) is 12.3 Å². The lowest BCUT2D eigenvalue weighted by atomic mass is 10.0. The van der Waals surface area contributed by atoms with E-state index in [1.807, 2.05) is 44.2 Å². The first-order chi connectivity index (χ1) is 15.3. The van der Waals surface area contributed by atoms with Crippen molar-refractivity contribution in [2.75, 3.05) is 11.1 Å². The number of anilines is 1. The molecule has 3 rings (SSSR count). The summed E-state index contributed by atoms with van der Waals surface area (Å²) in [6.45, 7) is 3.96. The lowest BCUT2D eigenvalue weighted by Crippen LogP contribution is -2.47. The molecule has 1 aliphatic rings. The van der Waals surface area contributed by atoms with Gasteiger partial charge >= 0.3 is 6.09 Å². The molecule has 0 aromatic heterocycles. The Morgan fingerprint density at radius 1 is 1.03 bits per heavy atom. The molecule has 0 spiro atoms. The van der Waals surface area contributed by atoms with Crippen LogP contribution in [0.5, 0.6) is 0 Å². The summed E-state index contributed by atoms with van der Waals surface area (Å²) < 4.78 is 5.21. The fourth-order valence-electron chi connectivity index (χ4n) is 3.06. The zero-order chi connectivity index (χ0) is 23.1. The number of ether oxygens (including phenoxy) is 1. The minimum absolute atomic E-state index is 0.112. The third-order valence-corrected chi connectivity index (χ3v) is 5.70. The largest absolute Gasteiger partial charge is 0.445 e. The molecule has 4 amide bonds. The van der Waals surface area contributed by atoms with Gasteiger partial charge in [-0.25, -0.2) is 4.79 Å². The summed E-state index contributed by atoms with van der Waals surface area (Å²) >= 11 is 0.993. The molecule has 168 valence electrons. The molecule has 32 heavy (non-hydrogen) atoms. The highest BCUT2D eigenvalue weighted by molar-refractivity contribution is 8.14. The number of nitrogens with zero attached hydrogens (tertiary/aromatic N) is 1. The van der Waals surface area contributed by atoms with Gasteiger partial charge in [-0.3, -0.25) is 19.3 Å². The Balaban J connectivity index is 1.54. The fraction of sp³-hybridized carbons (Fsp3) is 0.304. The molecule has 0 aliphatic carbocycles. The highest BCUT2D eigenvalue weighted by Gasteiger charge is 2.29. The number of nitrogens with one attached hydrogen (secondary N) is 2. The van der Waals surface area contributed by atoms with Crippen molar-refractivity contribution in [2.45, 2.75) is 33.0 Å². The highest BCUT2D eigenvalue weighted by atomic mass is 32.2. The van der Waals surface area contributed by atoms with Gasteiger partial charge in [0.2, 0.25) is 11.8 Å². The number of hydrogen-bond acceptors (Lipinski definition) is 6. The number of thioether (sulfide) groups is 1. The van der Waals surface area contributed by atoms with Crippen LogP contribution in [-0.4, -0.2) is 39.8 Å².